The monoisotopic (exact) mass is 324 g/mol. The number of hydrogen-bond acceptors (Lipinski definition) is 1. The lowest BCUT2D eigenvalue weighted by atomic mass is 10.2. The molecule has 0 unspecified atom stereocenters. The van der Waals surface area contributed by atoms with E-state index in [4.69, 9.17) is 0 Å². The molecule has 0 radical (unpaired) electrons. The molecule has 0 saturated heterocycles. The van der Waals surface area contributed by atoms with Gasteiger partial charge in [0, 0.05) is 5.54 Å². The van der Waals surface area contributed by atoms with Crippen LogP contribution < -0.4 is 10.4 Å². The fourth-order valence-electron chi connectivity index (χ4n) is 4.06. The molecule has 122 valence electrons. The molecule has 0 bridgehead atoms. The molecule has 0 aliphatic carbocycles. The summed E-state index contributed by atoms with van der Waals surface area (Å²) in [5.41, 5.74) is 0.0484. The molecule has 0 spiro atoms. The van der Waals surface area contributed by atoms with E-state index in [-0.39, 0.29) is 10.6 Å². The third-order valence-electron chi connectivity index (χ3n) is 4.91. The molecule has 2 heteroatoms. The van der Waals surface area contributed by atoms with Crippen molar-refractivity contribution in [3.8, 4) is 0 Å². The minimum atomic E-state index is -2.31. The van der Waals surface area contributed by atoms with E-state index in [0.29, 0.717) is 0 Å². The summed E-state index contributed by atoms with van der Waals surface area (Å²) in [6.07, 6.45) is 1.54. The van der Waals surface area contributed by atoms with Crippen molar-refractivity contribution in [2.24, 2.45) is 0 Å². The third-order valence-corrected chi connectivity index (χ3v) is 11.5. The van der Waals surface area contributed by atoms with E-state index in [1.165, 1.54) is 10.4 Å². The van der Waals surface area contributed by atoms with Gasteiger partial charge in [0.25, 0.3) is 0 Å². The first-order valence-electron chi connectivity index (χ1n) is 8.27. The van der Waals surface area contributed by atoms with Crippen LogP contribution in [0, 0.1) is 0 Å². The maximum absolute atomic E-state index is 10.6. The van der Waals surface area contributed by atoms with Gasteiger partial charge in [0.2, 0.25) is 0 Å². The van der Waals surface area contributed by atoms with Crippen molar-refractivity contribution in [3.05, 3.63) is 73.3 Å². The minimum absolute atomic E-state index is 0.0333. The molecule has 0 saturated carbocycles. The van der Waals surface area contributed by atoms with E-state index in [1.54, 1.807) is 0 Å². The van der Waals surface area contributed by atoms with Crippen LogP contribution in [0.4, 0.5) is 0 Å². The van der Waals surface area contributed by atoms with Crippen LogP contribution in [0.25, 0.3) is 0 Å². The first-order valence-corrected chi connectivity index (χ1v) is 10.3. The second kappa shape index (κ2) is 6.86. The van der Waals surface area contributed by atoms with Crippen molar-refractivity contribution in [2.75, 3.05) is 0 Å². The third kappa shape index (κ3) is 3.06. The van der Waals surface area contributed by atoms with Crippen molar-refractivity contribution >= 4 is 18.4 Å². The van der Waals surface area contributed by atoms with Gasteiger partial charge >= 0.3 is 0 Å². The molecule has 2 rings (SSSR count). The van der Waals surface area contributed by atoms with Gasteiger partial charge in [-0.25, -0.2) is 0 Å². The van der Waals surface area contributed by atoms with Gasteiger partial charge < -0.3 is 5.11 Å². The average Bonchev–Trinajstić information content (AvgIpc) is 2.52. The van der Waals surface area contributed by atoms with Crippen molar-refractivity contribution in [3.63, 3.8) is 0 Å². The van der Waals surface area contributed by atoms with E-state index >= 15 is 0 Å². The van der Waals surface area contributed by atoms with E-state index in [2.05, 4.69) is 88.0 Å². The Morgan fingerprint density at radius 3 is 1.57 bits per heavy atom. The van der Waals surface area contributed by atoms with Gasteiger partial charge in [-0.3, -0.25) is 0 Å². The highest BCUT2D eigenvalue weighted by Crippen LogP contribution is 2.45. The Hall–Kier alpha value is -1.64. The number of hydrogen-bond donors (Lipinski definition) is 1. The Morgan fingerprint density at radius 1 is 0.913 bits per heavy atom. The maximum Gasteiger partial charge on any atom is 0.132 e. The Morgan fingerprint density at radius 2 is 1.30 bits per heavy atom. The summed E-state index contributed by atoms with van der Waals surface area (Å²) in [6, 6.07) is 21.4. The van der Waals surface area contributed by atoms with Gasteiger partial charge in [-0.1, -0.05) is 97.9 Å². The summed E-state index contributed by atoms with van der Waals surface area (Å²) in [7, 11) is -2.31. The highest BCUT2D eigenvalue weighted by molar-refractivity contribution is 7.05. The summed E-state index contributed by atoms with van der Waals surface area (Å²) in [6.45, 7) is 12.9. The predicted octanol–water partition coefficient (Wildman–Crippen LogP) is 3.99. The summed E-state index contributed by atoms with van der Waals surface area (Å²) in [4.78, 5) is 0. The minimum Gasteiger partial charge on any atom is -0.393 e. The molecule has 0 aliphatic heterocycles. The molecule has 0 amide bonds. The van der Waals surface area contributed by atoms with Crippen LogP contribution in [-0.4, -0.2) is 19.3 Å². The largest absolute Gasteiger partial charge is 0.393 e. The smallest absolute Gasteiger partial charge is 0.132 e. The van der Waals surface area contributed by atoms with Gasteiger partial charge in [-0.15, -0.1) is 6.58 Å². The number of aliphatic hydroxyl groups excluding tert-OH is 1. The van der Waals surface area contributed by atoms with E-state index in [1.807, 2.05) is 13.0 Å². The fraction of sp³-hybridized carbons (Fsp3) is 0.333. The van der Waals surface area contributed by atoms with Crippen LogP contribution in [0.15, 0.2) is 73.3 Å². The number of rotatable bonds is 5. The molecule has 2 aromatic carbocycles. The molecular weight excluding hydrogens is 296 g/mol. The number of benzene rings is 2. The van der Waals surface area contributed by atoms with Crippen LogP contribution in [0.3, 0.4) is 0 Å². The van der Waals surface area contributed by atoms with Gasteiger partial charge in [0.05, 0.1) is 6.10 Å². The first kappa shape index (κ1) is 17.7. The Labute approximate surface area is 141 Å². The molecule has 1 N–H and O–H groups in total. The average molecular weight is 325 g/mol. The van der Waals surface area contributed by atoms with Crippen molar-refractivity contribution in [1.82, 2.24) is 0 Å². The first-order chi connectivity index (χ1) is 10.9. The summed E-state index contributed by atoms with van der Waals surface area (Å²) < 4.78 is 0. The normalized spacial score (nSPS) is 15.0. The zero-order chi connectivity index (χ0) is 17.1. The zero-order valence-electron chi connectivity index (χ0n) is 14.7. The van der Waals surface area contributed by atoms with Crippen LogP contribution in [0.2, 0.25) is 10.6 Å². The molecule has 23 heavy (non-hydrogen) atoms. The van der Waals surface area contributed by atoms with Gasteiger partial charge in [0.1, 0.15) is 8.07 Å². The Kier molecular flexibility index (Phi) is 5.28. The lowest BCUT2D eigenvalue weighted by molar-refractivity contribution is 0.195. The highest BCUT2D eigenvalue weighted by Gasteiger charge is 2.53. The quantitative estimate of drug-likeness (QED) is 0.651. The van der Waals surface area contributed by atoms with Crippen LogP contribution in [0.1, 0.15) is 27.7 Å². The predicted molar refractivity (Wildman–Crippen MR) is 103 cm³/mol. The molecule has 0 heterocycles. The summed E-state index contributed by atoms with van der Waals surface area (Å²) in [5, 5.41) is 13.3. The van der Waals surface area contributed by atoms with Gasteiger partial charge in [0.15, 0.2) is 0 Å². The Bertz CT molecular complexity index is 586. The van der Waals surface area contributed by atoms with Crippen molar-refractivity contribution in [1.29, 1.82) is 0 Å². The van der Waals surface area contributed by atoms with E-state index in [9.17, 15) is 5.11 Å². The van der Waals surface area contributed by atoms with Gasteiger partial charge in [-0.05, 0) is 12.0 Å². The summed E-state index contributed by atoms with van der Waals surface area (Å²) >= 11 is 0. The number of aliphatic hydroxyl groups is 1. The van der Waals surface area contributed by atoms with Crippen LogP contribution in [-0.2, 0) is 0 Å². The molecule has 1 nitrogen and oxygen atoms in total. The van der Waals surface area contributed by atoms with E-state index in [0.717, 1.165) is 0 Å². The van der Waals surface area contributed by atoms with Crippen LogP contribution >= 0.6 is 0 Å². The molecule has 0 aliphatic rings. The van der Waals surface area contributed by atoms with E-state index < -0.39 is 14.2 Å². The maximum atomic E-state index is 10.6. The standard InChI is InChI=1S/C21H28OSi/c1-6-20(17(2)22)23(21(3,4)5,18-13-9-7-10-14-18)19-15-11-8-12-16-19/h6-17,20,22H,1H2,2-5H3/t17-,20+/m1/s1. The molecular formula is C21H28OSi. The lowest BCUT2D eigenvalue weighted by Gasteiger charge is -2.49. The second-order valence-electron chi connectivity index (χ2n) is 7.29. The summed E-state index contributed by atoms with van der Waals surface area (Å²) in [5.74, 6) is 0. The molecule has 0 fully saturated rings. The SMILES string of the molecule is C=C[C@@H]([C@@H](C)O)[Si](c1ccccc1)(c1ccccc1)C(C)(C)C. The van der Waals surface area contributed by atoms with Gasteiger partial charge in [-0.2, -0.15) is 0 Å². The molecule has 2 atom stereocenters. The fourth-order valence-corrected chi connectivity index (χ4v) is 10.4. The highest BCUT2D eigenvalue weighted by atomic mass is 28.3. The Balaban J connectivity index is 2.88. The zero-order valence-corrected chi connectivity index (χ0v) is 15.7. The molecule has 0 aromatic heterocycles. The second-order valence-corrected chi connectivity index (χ2v) is 12.2. The van der Waals surface area contributed by atoms with Crippen LogP contribution in [0.5, 0.6) is 0 Å². The lowest BCUT2D eigenvalue weighted by Crippen LogP contribution is -2.68. The van der Waals surface area contributed by atoms with Crippen molar-refractivity contribution in [2.45, 2.75) is 44.4 Å². The molecule has 2 aromatic rings. The van der Waals surface area contributed by atoms with Crippen molar-refractivity contribution < 1.29 is 5.11 Å². The topological polar surface area (TPSA) is 20.2 Å².